The summed E-state index contributed by atoms with van der Waals surface area (Å²) in [4.78, 5) is 36.8. The molecule has 26 heavy (non-hydrogen) atoms. The first-order valence-electron chi connectivity index (χ1n) is 8.79. The number of hydrogen-bond acceptors (Lipinski definition) is 6. The fraction of sp³-hybridized carbons (Fsp3) is 0.833. The van der Waals surface area contributed by atoms with Crippen LogP contribution in [-0.4, -0.2) is 51.4 Å². The summed E-state index contributed by atoms with van der Waals surface area (Å²) < 4.78 is 10.4. The molecule has 1 amide bonds. The van der Waals surface area contributed by atoms with Crippen LogP contribution in [0, 0.1) is 0 Å². The molecule has 1 atom stereocenters. The van der Waals surface area contributed by atoms with E-state index in [0.717, 1.165) is 18.6 Å². The molecule has 0 radical (unpaired) electrons. The monoisotopic (exact) mass is 391 g/mol. The molecule has 7 nitrogen and oxygen atoms in total. The van der Waals surface area contributed by atoms with Crippen LogP contribution < -0.4 is 5.32 Å². The lowest BCUT2D eigenvalue weighted by Gasteiger charge is -2.32. The number of amides is 1. The molecule has 0 bridgehead atoms. The van der Waals surface area contributed by atoms with Crippen molar-refractivity contribution in [3.8, 4) is 0 Å². The summed E-state index contributed by atoms with van der Waals surface area (Å²) >= 11 is 1.53. The molecule has 0 aromatic carbocycles. The predicted molar refractivity (Wildman–Crippen MR) is 102 cm³/mol. The standard InChI is InChI=1S/C18H33NO6S/c1-8-9-11-26-12-10-18(13(20)21,14(22)24-16(2,3)4)19-15(23)25-17(5,6)7/h8-12H2,1-7H3,(H,19,23)(H,20,21)/t18-/m0/s1. The minimum Gasteiger partial charge on any atom is -0.479 e. The Morgan fingerprint density at radius 3 is 1.92 bits per heavy atom. The molecule has 0 fully saturated rings. The fourth-order valence-electron chi connectivity index (χ4n) is 1.88. The van der Waals surface area contributed by atoms with E-state index in [1.807, 2.05) is 0 Å². The Morgan fingerprint density at radius 2 is 1.50 bits per heavy atom. The zero-order valence-corrected chi connectivity index (χ0v) is 17.7. The van der Waals surface area contributed by atoms with Crippen molar-refractivity contribution < 1.29 is 29.0 Å². The van der Waals surface area contributed by atoms with Gasteiger partial charge in [-0.05, 0) is 59.5 Å². The third-order valence-corrected chi connectivity index (χ3v) is 4.16. The second-order valence-corrected chi connectivity index (χ2v) is 9.28. The Balaban J connectivity index is 5.44. The van der Waals surface area contributed by atoms with Crippen LogP contribution in [0.4, 0.5) is 4.79 Å². The van der Waals surface area contributed by atoms with Gasteiger partial charge in [-0.3, -0.25) is 5.32 Å². The summed E-state index contributed by atoms with van der Waals surface area (Å²) in [5.74, 6) is -1.22. The SMILES string of the molecule is CCCCSCC[C@](NC(=O)OC(C)(C)C)(C(=O)O)C(=O)OC(C)(C)C. The Hall–Kier alpha value is -1.44. The van der Waals surface area contributed by atoms with Crippen molar-refractivity contribution in [2.45, 2.75) is 84.5 Å². The number of hydrogen-bond donors (Lipinski definition) is 2. The maximum Gasteiger partial charge on any atom is 0.409 e. The van der Waals surface area contributed by atoms with Gasteiger partial charge in [0, 0.05) is 6.42 Å². The number of rotatable bonds is 9. The molecule has 0 aliphatic rings. The number of carboxylic acids is 1. The van der Waals surface area contributed by atoms with Gasteiger partial charge in [0.15, 0.2) is 0 Å². The van der Waals surface area contributed by atoms with Crippen LogP contribution in [0.3, 0.4) is 0 Å². The number of aliphatic carboxylic acids is 1. The maximum absolute atomic E-state index is 12.7. The molecule has 0 unspecified atom stereocenters. The van der Waals surface area contributed by atoms with E-state index in [9.17, 15) is 19.5 Å². The van der Waals surface area contributed by atoms with Crippen molar-refractivity contribution in [2.75, 3.05) is 11.5 Å². The molecule has 0 rings (SSSR count). The number of esters is 1. The molecule has 2 N–H and O–H groups in total. The highest BCUT2D eigenvalue weighted by Crippen LogP contribution is 2.22. The molecule has 0 spiro atoms. The number of unbranched alkanes of at least 4 members (excludes halogenated alkanes) is 1. The van der Waals surface area contributed by atoms with E-state index in [0.29, 0.717) is 5.75 Å². The maximum atomic E-state index is 12.7. The lowest BCUT2D eigenvalue weighted by atomic mass is 9.96. The third-order valence-electron chi connectivity index (χ3n) is 3.09. The van der Waals surface area contributed by atoms with Crippen LogP contribution in [0.25, 0.3) is 0 Å². The van der Waals surface area contributed by atoms with E-state index in [-0.39, 0.29) is 6.42 Å². The number of thioether (sulfide) groups is 1. The van der Waals surface area contributed by atoms with Crippen LogP contribution in [-0.2, 0) is 19.1 Å². The van der Waals surface area contributed by atoms with Crippen LogP contribution >= 0.6 is 11.8 Å². The van der Waals surface area contributed by atoms with Crippen molar-refractivity contribution in [1.29, 1.82) is 0 Å². The molecule has 0 aliphatic heterocycles. The largest absolute Gasteiger partial charge is 0.479 e. The quantitative estimate of drug-likeness (QED) is 0.352. The van der Waals surface area contributed by atoms with Crippen molar-refractivity contribution in [1.82, 2.24) is 5.32 Å². The van der Waals surface area contributed by atoms with E-state index < -0.39 is 34.8 Å². The third kappa shape index (κ3) is 9.31. The van der Waals surface area contributed by atoms with E-state index >= 15 is 0 Å². The Labute approximate surface area is 160 Å². The smallest absolute Gasteiger partial charge is 0.409 e. The second-order valence-electron chi connectivity index (χ2n) is 8.06. The van der Waals surface area contributed by atoms with E-state index in [2.05, 4.69) is 12.2 Å². The summed E-state index contributed by atoms with van der Waals surface area (Å²) in [6.07, 6.45) is 0.963. The van der Waals surface area contributed by atoms with Crippen LogP contribution in [0.15, 0.2) is 0 Å². The number of ether oxygens (including phenoxy) is 2. The van der Waals surface area contributed by atoms with Gasteiger partial charge >= 0.3 is 18.0 Å². The molecule has 0 saturated heterocycles. The van der Waals surface area contributed by atoms with Gasteiger partial charge in [-0.1, -0.05) is 13.3 Å². The molecule has 0 aliphatic carbocycles. The zero-order valence-electron chi connectivity index (χ0n) is 16.9. The highest BCUT2D eigenvalue weighted by Gasteiger charge is 2.50. The van der Waals surface area contributed by atoms with Crippen molar-refractivity contribution in [2.24, 2.45) is 0 Å². The molecular weight excluding hydrogens is 358 g/mol. The number of carboxylic acid groups (broad SMARTS) is 1. The highest BCUT2D eigenvalue weighted by molar-refractivity contribution is 7.99. The van der Waals surface area contributed by atoms with Crippen molar-refractivity contribution >= 4 is 29.8 Å². The number of carbonyl (C=O) groups is 3. The highest BCUT2D eigenvalue weighted by atomic mass is 32.2. The van der Waals surface area contributed by atoms with Gasteiger partial charge in [0.1, 0.15) is 11.2 Å². The number of carbonyl (C=O) groups excluding carboxylic acids is 2. The van der Waals surface area contributed by atoms with Crippen molar-refractivity contribution in [3.63, 3.8) is 0 Å². The molecular formula is C18H33NO6S. The van der Waals surface area contributed by atoms with Gasteiger partial charge in [-0.25, -0.2) is 14.4 Å². The minimum atomic E-state index is -2.19. The first-order chi connectivity index (χ1) is 11.7. The van der Waals surface area contributed by atoms with Crippen LogP contribution in [0.1, 0.15) is 67.7 Å². The average molecular weight is 392 g/mol. The summed E-state index contributed by atoms with van der Waals surface area (Å²) in [7, 11) is 0. The summed E-state index contributed by atoms with van der Waals surface area (Å²) in [5, 5.41) is 12.0. The lowest BCUT2D eigenvalue weighted by Crippen LogP contribution is -2.62. The minimum absolute atomic E-state index is 0.0924. The first-order valence-corrected chi connectivity index (χ1v) is 9.95. The Kier molecular flexibility index (Phi) is 9.48. The first kappa shape index (κ1) is 24.6. The molecule has 152 valence electrons. The summed E-state index contributed by atoms with van der Waals surface area (Å²) in [6, 6.07) is 0. The van der Waals surface area contributed by atoms with Crippen LogP contribution in [0.2, 0.25) is 0 Å². The van der Waals surface area contributed by atoms with E-state index in [1.54, 1.807) is 41.5 Å². The number of nitrogens with one attached hydrogen (secondary N) is 1. The molecule has 0 aromatic heterocycles. The topological polar surface area (TPSA) is 102 Å². The van der Waals surface area contributed by atoms with Gasteiger partial charge in [-0.2, -0.15) is 11.8 Å². The Bertz CT molecular complexity index is 495. The normalized spacial score (nSPS) is 14.3. The Morgan fingerprint density at radius 1 is 0.962 bits per heavy atom. The summed E-state index contributed by atoms with van der Waals surface area (Å²) in [6.45, 7) is 11.9. The zero-order chi connectivity index (χ0) is 20.6. The number of alkyl carbamates (subject to hydrolysis) is 1. The summed E-state index contributed by atoms with van der Waals surface area (Å²) in [5.41, 5.74) is -3.89. The molecule has 8 heteroatoms. The van der Waals surface area contributed by atoms with E-state index in [4.69, 9.17) is 9.47 Å². The van der Waals surface area contributed by atoms with E-state index in [1.165, 1.54) is 11.8 Å². The molecule has 0 heterocycles. The van der Waals surface area contributed by atoms with Gasteiger partial charge in [-0.15, -0.1) is 0 Å². The van der Waals surface area contributed by atoms with Gasteiger partial charge in [0.2, 0.25) is 5.54 Å². The average Bonchev–Trinajstić information content (AvgIpc) is 2.41. The fourth-order valence-corrected chi connectivity index (χ4v) is 3.03. The predicted octanol–water partition coefficient (Wildman–Crippen LogP) is 3.60. The van der Waals surface area contributed by atoms with Gasteiger partial charge in [0.05, 0.1) is 0 Å². The molecule has 0 aromatic rings. The van der Waals surface area contributed by atoms with Crippen molar-refractivity contribution in [3.05, 3.63) is 0 Å². The molecule has 0 saturated carbocycles. The van der Waals surface area contributed by atoms with Crippen LogP contribution in [0.5, 0.6) is 0 Å². The van der Waals surface area contributed by atoms with Gasteiger partial charge < -0.3 is 14.6 Å². The second kappa shape index (κ2) is 10.0. The lowest BCUT2D eigenvalue weighted by molar-refractivity contribution is -0.171. The van der Waals surface area contributed by atoms with Gasteiger partial charge in [0.25, 0.3) is 0 Å².